The van der Waals surface area contributed by atoms with Crippen molar-refractivity contribution in [3.63, 3.8) is 0 Å². The van der Waals surface area contributed by atoms with Crippen LogP contribution in [0, 0.1) is 5.41 Å². The normalized spacial score (nSPS) is 31.5. The number of rotatable bonds is 1. The van der Waals surface area contributed by atoms with Crippen LogP contribution in [-0.2, 0) is 4.74 Å². The zero-order chi connectivity index (χ0) is 12.0. The number of alkyl carbamates (subject to hydrolysis) is 1. The van der Waals surface area contributed by atoms with Gasteiger partial charge in [0.15, 0.2) is 0 Å². The van der Waals surface area contributed by atoms with Crippen molar-refractivity contribution >= 4 is 6.09 Å². The number of hydrogen-bond acceptors (Lipinski definition) is 3. The Bertz CT molecular complexity index is 305. The second-order valence-corrected chi connectivity index (χ2v) is 6.34. The molecule has 1 aliphatic carbocycles. The molecule has 0 bridgehead atoms. The predicted octanol–water partition coefficient (Wildman–Crippen LogP) is 1.65. The van der Waals surface area contributed by atoms with E-state index < -0.39 is 5.60 Å². The van der Waals surface area contributed by atoms with Crippen LogP contribution in [0.15, 0.2) is 0 Å². The molecule has 0 aromatic heterocycles. The van der Waals surface area contributed by atoms with Gasteiger partial charge >= 0.3 is 6.09 Å². The summed E-state index contributed by atoms with van der Waals surface area (Å²) in [4.78, 5) is 11.8. The lowest BCUT2D eigenvalue weighted by atomic mass is 9.86. The van der Waals surface area contributed by atoms with Gasteiger partial charge in [0.2, 0.25) is 0 Å². The Kier molecular flexibility index (Phi) is 2.46. The van der Waals surface area contributed by atoms with Gasteiger partial charge in [-0.05, 0) is 40.5 Å². The molecule has 2 N–H and O–H groups in total. The second kappa shape index (κ2) is 3.36. The Labute approximate surface area is 97.1 Å². The van der Waals surface area contributed by atoms with E-state index in [4.69, 9.17) is 4.74 Å². The molecule has 16 heavy (non-hydrogen) atoms. The Morgan fingerprint density at radius 3 is 2.44 bits per heavy atom. The molecule has 0 unspecified atom stereocenters. The summed E-state index contributed by atoms with van der Waals surface area (Å²) in [7, 11) is 0. The highest BCUT2D eigenvalue weighted by molar-refractivity contribution is 5.69. The second-order valence-electron chi connectivity index (χ2n) is 6.34. The summed E-state index contributed by atoms with van der Waals surface area (Å²) in [6, 6.07) is 0. The molecule has 92 valence electrons. The van der Waals surface area contributed by atoms with Gasteiger partial charge in [-0.1, -0.05) is 0 Å². The van der Waals surface area contributed by atoms with Crippen LogP contribution >= 0.6 is 0 Å². The highest BCUT2D eigenvalue weighted by Gasteiger charge is 2.60. The standard InChI is InChI=1S/C12H22N2O2/c1-10(2,3)16-9(15)14-11(4)7-13-8-12(11)5-6-12/h13H,5-8H2,1-4H3,(H,14,15)/t11-/m0/s1. The number of hydrogen-bond donors (Lipinski definition) is 2. The van der Waals surface area contributed by atoms with E-state index in [1.54, 1.807) is 0 Å². The van der Waals surface area contributed by atoms with Crippen LogP contribution in [-0.4, -0.2) is 30.3 Å². The van der Waals surface area contributed by atoms with Crippen LogP contribution in [0.1, 0.15) is 40.5 Å². The fourth-order valence-electron chi connectivity index (χ4n) is 2.52. The first-order valence-corrected chi connectivity index (χ1v) is 5.98. The van der Waals surface area contributed by atoms with Crippen LogP contribution in [0.2, 0.25) is 0 Å². The van der Waals surface area contributed by atoms with Crippen molar-refractivity contribution in [2.24, 2.45) is 5.41 Å². The zero-order valence-corrected chi connectivity index (χ0v) is 10.6. The Morgan fingerprint density at radius 1 is 1.31 bits per heavy atom. The Hall–Kier alpha value is -0.770. The van der Waals surface area contributed by atoms with Crippen LogP contribution < -0.4 is 10.6 Å². The van der Waals surface area contributed by atoms with Gasteiger partial charge in [-0.3, -0.25) is 0 Å². The third-order valence-corrected chi connectivity index (χ3v) is 3.74. The zero-order valence-electron chi connectivity index (χ0n) is 10.6. The molecule has 1 spiro atoms. The van der Waals surface area contributed by atoms with E-state index in [0.717, 1.165) is 13.1 Å². The molecule has 0 radical (unpaired) electrons. The molecule has 2 aliphatic rings. The maximum Gasteiger partial charge on any atom is 0.408 e. The van der Waals surface area contributed by atoms with Gasteiger partial charge in [-0.2, -0.15) is 0 Å². The quantitative estimate of drug-likeness (QED) is 0.715. The molecule has 1 atom stereocenters. The molecule has 2 fully saturated rings. The SMILES string of the molecule is CC(C)(C)OC(=O)N[C@@]1(C)CNCC12CC2. The molecular formula is C12H22N2O2. The molecule has 4 nitrogen and oxygen atoms in total. The van der Waals surface area contributed by atoms with Gasteiger partial charge in [0.25, 0.3) is 0 Å². The van der Waals surface area contributed by atoms with Crippen molar-refractivity contribution in [3.8, 4) is 0 Å². The summed E-state index contributed by atoms with van der Waals surface area (Å²) >= 11 is 0. The van der Waals surface area contributed by atoms with Gasteiger partial charge in [0.05, 0.1) is 5.54 Å². The minimum atomic E-state index is -0.427. The monoisotopic (exact) mass is 226 g/mol. The van der Waals surface area contributed by atoms with E-state index in [-0.39, 0.29) is 17.0 Å². The fraction of sp³-hybridized carbons (Fsp3) is 0.917. The third-order valence-electron chi connectivity index (χ3n) is 3.74. The molecule has 0 aromatic carbocycles. The summed E-state index contributed by atoms with van der Waals surface area (Å²) in [6.45, 7) is 9.62. The average molecular weight is 226 g/mol. The van der Waals surface area contributed by atoms with Gasteiger partial charge in [0.1, 0.15) is 5.60 Å². The van der Waals surface area contributed by atoms with Crippen molar-refractivity contribution in [2.75, 3.05) is 13.1 Å². The number of carbonyl (C=O) groups is 1. The number of amides is 1. The predicted molar refractivity (Wildman–Crippen MR) is 62.3 cm³/mol. The highest BCUT2D eigenvalue weighted by atomic mass is 16.6. The smallest absolute Gasteiger partial charge is 0.408 e. The first-order valence-electron chi connectivity index (χ1n) is 5.98. The summed E-state index contributed by atoms with van der Waals surface area (Å²) in [5.41, 5.74) is -0.289. The molecule has 0 aromatic rings. The minimum absolute atomic E-state index is 0.144. The molecule has 1 aliphatic heterocycles. The molecular weight excluding hydrogens is 204 g/mol. The molecule has 2 rings (SSSR count). The summed E-state index contributed by atoms with van der Waals surface area (Å²) in [6.07, 6.45) is 2.10. The first kappa shape index (κ1) is 11.7. The number of ether oxygens (including phenoxy) is 1. The van der Waals surface area contributed by atoms with Crippen LogP contribution in [0.4, 0.5) is 4.79 Å². The Morgan fingerprint density at radius 2 is 1.94 bits per heavy atom. The van der Waals surface area contributed by atoms with E-state index >= 15 is 0 Å². The molecule has 1 heterocycles. The maximum atomic E-state index is 11.8. The van der Waals surface area contributed by atoms with Crippen LogP contribution in [0.5, 0.6) is 0 Å². The van der Waals surface area contributed by atoms with Gasteiger partial charge in [-0.15, -0.1) is 0 Å². The van der Waals surface area contributed by atoms with Crippen molar-refractivity contribution < 1.29 is 9.53 Å². The van der Waals surface area contributed by atoms with Crippen molar-refractivity contribution in [3.05, 3.63) is 0 Å². The lowest BCUT2D eigenvalue weighted by Crippen LogP contribution is -2.54. The molecule has 1 amide bonds. The highest BCUT2D eigenvalue weighted by Crippen LogP contribution is 2.55. The van der Waals surface area contributed by atoms with Crippen molar-refractivity contribution in [1.29, 1.82) is 0 Å². The molecule has 1 saturated heterocycles. The molecule has 1 saturated carbocycles. The maximum absolute atomic E-state index is 11.8. The van der Waals surface area contributed by atoms with Gasteiger partial charge in [-0.25, -0.2) is 4.79 Å². The van der Waals surface area contributed by atoms with Crippen molar-refractivity contribution in [1.82, 2.24) is 10.6 Å². The van der Waals surface area contributed by atoms with E-state index in [0.29, 0.717) is 0 Å². The Balaban J connectivity index is 1.96. The van der Waals surface area contributed by atoms with E-state index in [1.165, 1.54) is 12.8 Å². The summed E-state index contributed by atoms with van der Waals surface area (Å²) in [5, 5.41) is 6.40. The number of carbonyl (C=O) groups excluding carboxylic acids is 1. The summed E-state index contributed by atoms with van der Waals surface area (Å²) < 4.78 is 5.31. The van der Waals surface area contributed by atoms with Crippen LogP contribution in [0.3, 0.4) is 0 Å². The van der Waals surface area contributed by atoms with E-state index in [9.17, 15) is 4.79 Å². The summed E-state index contributed by atoms with van der Waals surface area (Å²) in [5.74, 6) is 0. The third kappa shape index (κ3) is 2.03. The van der Waals surface area contributed by atoms with Gasteiger partial charge in [0, 0.05) is 18.5 Å². The van der Waals surface area contributed by atoms with Crippen molar-refractivity contribution in [2.45, 2.75) is 51.7 Å². The largest absolute Gasteiger partial charge is 0.444 e. The minimum Gasteiger partial charge on any atom is -0.444 e. The lowest BCUT2D eigenvalue weighted by Gasteiger charge is -2.33. The lowest BCUT2D eigenvalue weighted by molar-refractivity contribution is 0.0439. The molecule has 4 heteroatoms. The topological polar surface area (TPSA) is 50.4 Å². The van der Waals surface area contributed by atoms with E-state index in [2.05, 4.69) is 17.6 Å². The average Bonchev–Trinajstić information content (AvgIpc) is 2.74. The van der Waals surface area contributed by atoms with E-state index in [1.807, 2.05) is 20.8 Å². The van der Waals surface area contributed by atoms with Crippen LogP contribution in [0.25, 0.3) is 0 Å². The first-order chi connectivity index (χ1) is 7.27. The number of nitrogens with one attached hydrogen (secondary N) is 2. The fourth-order valence-corrected chi connectivity index (χ4v) is 2.52. The van der Waals surface area contributed by atoms with Gasteiger partial charge < -0.3 is 15.4 Å².